The van der Waals surface area contributed by atoms with Crippen LogP contribution in [0.4, 0.5) is 10.8 Å². The fourth-order valence-corrected chi connectivity index (χ4v) is 4.11. The first-order valence-electron chi connectivity index (χ1n) is 9.64. The Balaban J connectivity index is 1.57. The third-order valence-corrected chi connectivity index (χ3v) is 5.56. The number of nitrogens with zero attached hydrogens (tertiary/aromatic N) is 2. The van der Waals surface area contributed by atoms with Crippen molar-refractivity contribution < 1.29 is 14.4 Å². The van der Waals surface area contributed by atoms with Crippen LogP contribution < -0.4 is 15.8 Å². The molecule has 1 heterocycles. The van der Waals surface area contributed by atoms with Crippen molar-refractivity contribution in [3.8, 4) is 0 Å². The SMILES string of the molecule is CC(=O)N(c1ccccc1)c1nc(/C=C/C(=O)NNC(=O)C2CCCCC2)cs1. The molecular formula is C21H24N4O3S. The molecule has 8 heteroatoms. The second kappa shape index (κ2) is 9.97. The zero-order valence-corrected chi connectivity index (χ0v) is 17.1. The molecule has 1 aliphatic carbocycles. The maximum atomic E-state index is 12.1. The van der Waals surface area contributed by atoms with Crippen molar-refractivity contribution in [2.45, 2.75) is 39.0 Å². The summed E-state index contributed by atoms with van der Waals surface area (Å²) in [5.74, 6) is -0.744. The van der Waals surface area contributed by atoms with Crippen molar-refractivity contribution in [3.05, 3.63) is 47.5 Å². The smallest absolute Gasteiger partial charge is 0.262 e. The summed E-state index contributed by atoms with van der Waals surface area (Å²) >= 11 is 1.31. The van der Waals surface area contributed by atoms with E-state index in [1.807, 2.05) is 30.3 Å². The number of carbonyl (C=O) groups excluding carboxylic acids is 3. The van der Waals surface area contributed by atoms with Crippen LogP contribution in [0.1, 0.15) is 44.7 Å². The van der Waals surface area contributed by atoms with Gasteiger partial charge in [0, 0.05) is 24.3 Å². The van der Waals surface area contributed by atoms with Crippen molar-refractivity contribution in [1.29, 1.82) is 0 Å². The van der Waals surface area contributed by atoms with E-state index in [0.29, 0.717) is 10.8 Å². The first-order chi connectivity index (χ1) is 14.0. The van der Waals surface area contributed by atoms with Crippen LogP contribution in [0.5, 0.6) is 0 Å². The predicted octanol–water partition coefficient (Wildman–Crippen LogP) is 3.57. The molecule has 3 rings (SSSR count). The summed E-state index contributed by atoms with van der Waals surface area (Å²) in [7, 11) is 0. The molecule has 3 amide bonds. The largest absolute Gasteiger partial charge is 0.274 e. The molecule has 0 atom stereocenters. The van der Waals surface area contributed by atoms with Gasteiger partial charge in [0.2, 0.25) is 11.8 Å². The number of carbonyl (C=O) groups is 3. The summed E-state index contributed by atoms with van der Waals surface area (Å²) in [6.07, 6.45) is 7.86. The maximum absolute atomic E-state index is 12.1. The van der Waals surface area contributed by atoms with Crippen LogP contribution in [0.15, 0.2) is 41.8 Å². The minimum atomic E-state index is -0.435. The van der Waals surface area contributed by atoms with Crippen LogP contribution in [0, 0.1) is 5.92 Å². The second-order valence-electron chi connectivity index (χ2n) is 6.89. The predicted molar refractivity (Wildman–Crippen MR) is 113 cm³/mol. The van der Waals surface area contributed by atoms with Crippen LogP contribution >= 0.6 is 11.3 Å². The van der Waals surface area contributed by atoms with Crippen LogP contribution in [0.25, 0.3) is 6.08 Å². The van der Waals surface area contributed by atoms with Crippen LogP contribution in [0.3, 0.4) is 0 Å². The number of benzene rings is 1. The number of nitrogens with one attached hydrogen (secondary N) is 2. The normalized spacial score (nSPS) is 14.5. The molecular weight excluding hydrogens is 388 g/mol. The molecule has 2 N–H and O–H groups in total. The fraction of sp³-hybridized carbons (Fsp3) is 0.333. The van der Waals surface area contributed by atoms with Crippen molar-refractivity contribution >= 4 is 46.0 Å². The molecule has 1 aromatic heterocycles. The number of thiazole rings is 1. The van der Waals surface area contributed by atoms with Crippen molar-refractivity contribution in [1.82, 2.24) is 15.8 Å². The Bertz CT molecular complexity index is 888. The summed E-state index contributed by atoms with van der Waals surface area (Å²) in [5.41, 5.74) is 6.18. The molecule has 1 aliphatic rings. The van der Waals surface area contributed by atoms with E-state index in [4.69, 9.17) is 0 Å². The topological polar surface area (TPSA) is 91.4 Å². The van der Waals surface area contributed by atoms with Gasteiger partial charge in [0.25, 0.3) is 5.91 Å². The zero-order valence-electron chi connectivity index (χ0n) is 16.3. The molecule has 1 aromatic carbocycles. The van der Waals surface area contributed by atoms with E-state index in [1.54, 1.807) is 11.5 Å². The van der Waals surface area contributed by atoms with Gasteiger partial charge in [-0.3, -0.25) is 30.1 Å². The molecule has 1 saturated carbocycles. The van der Waals surface area contributed by atoms with E-state index in [2.05, 4.69) is 15.8 Å². The summed E-state index contributed by atoms with van der Waals surface area (Å²) in [6, 6.07) is 9.25. The number of hydrogen-bond donors (Lipinski definition) is 2. The van der Waals surface area contributed by atoms with Crippen molar-refractivity contribution in [2.24, 2.45) is 5.92 Å². The molecule has 0 bridgehead atoms. The first-order valence-corrected chi connectivity index (χ1v) is 10.5. The van der Waals surface area contributed by atoms with E-state index in [1.165, 1.54) is 35.7 Å². The van der Waals surface area contributed by atoms with E-state index < -0.39 is 5.91 Å². The van der Waals surface area contributed by atoms with Crippen LogP contribution in [-0.2, 0) is 14.4 Å². The number of rotatable bonds is 5. The Hall–Kier alpha value is -3.00. The van der Waals surface area contributed by atoms with E-state index in [-0.39, 0.29) is 17.7 Å². The monoisotopic (exact) mass is 412 g/mol. The van der Waals surface area contributed by atoms with Gasteiger partial charge in [0.15, 0.2) is 5.13 Å². The summed E-state index contributed by atoms with van der Waals surface area (Å²) in [4.78, 5) is 42.0. The molecule has 0 spiro atoms. The van der Waals surface area contributed by atoms with E-state index in [9.17, 15) is 14.4 Å². The molecule has 7 nitrogen and oxygen atoms in total. The van der Waals surface area contributed by atoms with Gasteiger partial charge < -0.3 is 0 Å². The molecule has 2 aromatic rings. The van der Waals surface area contributed by atoms with Crippen molar-refractivity contribution in [3.63, 3.8) is 0 Å². The maximum Gasteiger partial charge on any atom is 0.262 e. The minimum Gasteiger partial charge on any atom is -0.274 e. The quantitative estimate of drug-likeness (QED) is 0.580. The van der Waals surface area contributed by atoms with Gasteiger partial charge in [-0.1, -0.05) is 37.5 Å². The van der Waals surface area contributed by atoms with Gasteiger partial charge in [-0.2, -0.15) is 0 Å². The zero-order chi connectivity index (χ0) is 20.6. The van der Waals surface area contributed by atoms with Gasteiger partial charge >= 0.3 is 0 Å². The molecule has 0 unspecified atom stereocenters. The molecule has 1 fully saturated rings. The van der Waals surface area contributed by atoms with Crippen LogP contribution in [0.2, 0.25) is 0 Å². The van der Waals surface area contributed by atoms with Crippen molar-refractivity contribution in [2.75, 3.05) is 4.90 Å². The Labute approximate surface area is 173 Å². The lowest BCUT2D eigenvalue weighted by atomic mass is 9.89. The third kappa shape index (κ3) is 5.74. The highest BCUT2D eigenvalue weighted by atomic mass is 32.1. The summed E-state index contributed by atoms with van der Waals surface area (Å²) < 4.78 is 0. The average Bonchev–Trinajstić information content (AvgIpc) is 3.20. The Kier molecular flexibility index (Phi) is 7.13. The lowest BCUT2D eigenvalue weighted by molar-refractivity contribution is -0.130. The van der Waals surface area contributed by atoms with Gasteiger partial charge in [-0.25, -0.2) is 4.98 Å². The Morgan fingerprint density at radius 1 is 1.10 bits per heavy atom. The average molecular weight is 413 g/mol. The highest BCUT2D eigenvalue weighted by molar-refractivity contribution is 7.14. The van der Waals surface area contributed by atoms with Gasteiger partial charge in [0.05, 0.1) is 11.4 Å². The highest BCUT2D eigenvalue weighted by Gasteiger charge is 2.21. The fourth-order valence-electron chi connectivity index (χ4n) is 3.25. The molecule has 0 radical (unpaired) electrons. The molecule has 29 heavy (non-hydrogen) atoms. The number of hydrogen-bond acceptors (Lipinski definition) is 5. The Morgan fingerprint density at radius 3 is 2.52 bits per heavy atom. The van der Waals surface area contributed by atoms with E-state index in [0.717, 1.165) is 31.4 Å². The standard InChI is InChI=1S/C21H24N4O3S/c1-15(26)25(18-10-6-3-7-11-18)21-22-17(14-29-21)12-13-19(27)23-24-20(28)16-8-4-2-5-9-16/h3,6-7,10-14,16H,2,4-5,8-9H2,1H3,(H,23,27)(H,24,28)/b13-12+. The molecule has 0 aliphatic heterocycles. The van der Waals surface area contributed by atoms with Gasteiger partial charge in [-0.15, -0.1) is 11.3 Å². The Morgan fingerprint density at radius 2 is 1.83 bits per heavy atom. The molecule has 152 valence electrons. The minimum absolute atomic E-state index is 0.0234. The lowest BCUT2D eigenvalue weighted by Crippen LogP contribution is -2.44. The number of aromatic nitrogens is 1. The van der Waals surface area contributed by atoms with Gasteiger partial charge in [-0.05, 0) is 31.1 Å². The lowest BCUT2D eigenvalue weighted by Gasteiger charge is -2.20. The summed E-state index contributed by atoms with van der Waals surface area (Å²) in [5, 5.41) is 2.29. The molecule has 0 saturated heterocycles. The van der Waals surface area contributed by atoms with Crippen LogP contribution in [-0.4, -0.2) is 22.7 Å². The number of hydrazine groups is 1. The summed E-state index contributed by atoms with van der Waals surface area (Å²) in [6.45, 7) is 1.48. The second-order valence-corrected chi connectivity index (χ2v) is 7.73. The number of para-hydroxylation sites is 1. The third-order valence-electron chi connectivity index (χ3n) is 4.72. The van der Waals surface area contributed by atoms with Gasteiger partial charge in [0.1, 0.15) is 0 Å². The highest BCUT2D eigenvalue weighted by Crippen LogP contribution is 2.29. The first kappa shape index (κ1) is 20.7. The van der Waals surface area contributed by atoms with E-state index >= 15 is 0 Å². The number of amides is 3. The number of anilines is 2.